The molecule has 3 rings (SSSR count). The van der Waals surface area contributed by atoms with Crippen LogP contribution < -0.4 is 5.32 Å². The minimum Gasteiger partial charge on any atom is -0.310 e. The van der Waals surface area contributed by atoms with Crippen molar-refractivity contribution in [1.29, 1.82) is 0 Å². The molecular formula is C20H37N. The maximum atomic E-state index is 4.18. The molecule has 3 aliphatic rings. The third kappa shape index (κ3) is 2.92. The van der Waals surface area contributed by atoms with Gasteiger partial charge in [0.15, 0.2) is 0 Å². The minimum atomic E-state index is 0.512. The van der Waals surface area contributed by atoms with Crippen molar-refractivity contribution in [3.8, 4) is 0 Å². The molecule has 3 fully saturated rings. The Labute approximate surface area is 132 Å². The van der Waals surface area contributed by atoms with E-state index in [0.29, 0.717) is 10.8 Å². The molecule has 0 amide bonds. The predicted molar refractivity (Wildman–Crippen MR) is 91.4 cm³/mol. The monoisotopic (exact) mass is 291 g/mol. The molecule has 1 heteroatoms. The summed E-state index contributed by atoms with van der Waals surface area (Å²) in [6.45, 7) is 12.4. The molecule has 122 valence electrons. The maximum absolute atomic E-state index is 4.18. The summed E-state index contributed by atoms with van der Waals surface area (Å²) in [5, 5.41) is 4.18. The fourth-order valence-corrected chi connectivity index (χ4v) is 6.28. The van der Waals surface area contributed by atoms with Crippen LogP contribution in [0, 0.1) is 28.6 Å². The summed E-state index contributed by atoms with van der Waals surface area (Å²) in [5.41, 5.74) is 1.09. The molecule has 0 aliphatic heterocycles. The molecule has 1 N–H and O–H groups in total. The van der Waals surface area contributed by atoms with Crippen LogP contribution in [-0.2, 0) is 0 Å². The van der Waals surface area contributed by atoms with Gasteiger partial charge < -0.3 is 5.32 Å². The highest BCUT2D eigenvalue weighted by atomic mass is 15.0. The van der Waals surface area contributed by atoms with Crippen molar-refractivity contribution in [3.63, 3.8) is 0 Å². The van der Waals surface area contributed by atoms with E-state index in [1.54, 1.807) is 0 Å². The molecule has 0 radical (unpaired) electrons. The maximum Gasteiger partial charge on any atom is 0.0177 e. The van der Waals surface area contributed by atoms with Gasteiger partial charge >= 0.3 is 0 Å². The Balaban J connectivity index is 1.63. The molecule has 3 aliphatic carbocycles. The molecule has 0 spiro atoms. The SMILES string of the molecule is CC(C)CC1CCCC(NC2C3(C)CCC(C3)C2(C)C)C1. The van der Waals surface area contributed by atoms with E-state index >= 15 is 0 Å². The van der Waals surface area contributed by atoms with Crippen LogP contribution in [0.3, 0.4) is 0 Å². The molecule has 5 atom stereocenters. The van der Waals surface area contributed by atoms with Crippen LogP contribution in [0.15, 0.2) is 0 Å². The second kappa shape index (κ2) is 5.55. The highest BCUT2D eigenvalue weighted by Crippen LogP contribution is 2.62. The molecule has 0 heterocycles. The van der Waals surface area contributed by atoms with E-state index in [-0.39, 0.29) is 0 Å². The molecule has 1 nitrogen and oxygen atoms in total. The second-order valence-corrected chi connectivity index (χ2v) is 9.87. The molecule has 5 unspecified atom stereocenters. The first-order chi connectivity index (χ1) is 9.81. The Bertz CT molecular complexity index is 367. The molecule has 0 aromatic heterocycles. The zero-order chi connectivity index (χ0) is 15.3. The Morgan fingerprint density at radius 3 is 2.48 bits per heavy atom. The van der Waals surface area contributed by atoms with E-state index < -0.39 is 0 Å². The Morgan fingerprint density at radius 2 is 1.86 bits per heavy atom. The standard InChI is InChI=1S/C20H37N/c1-14(2)11-15-7-6-8-17(12-15)21-18-19(3,4)16-9-10-20(18,5)13-16/h14-18,21H,6-13H2,1-5H3. The van der Waals surface area contributed by atoms with Crippen molar-refractivity contribution in [2.45, 2.75) is 98.1 Å². The quantitative estimate of drug-likeness (QED) is 0.731. The summed E-state index contributed by atoms with van der Waals surface area (Å²) in [6.07, 6.45) is 11.6. The van der Waals surface area contributed by atoms with Crippen molar-refractivity contribution in [2.75, 3.05) is 0 Å². The van der Waals surface area contributed by atoms with E-state index in [4.69, 9.17) is 0 Å². The first-order valence-electron chi connectivity index (χ1n) is 9.57. The van der Waals surface area contributed by atoms with Gasteiger partial charge in [0.25, 0.3) is 0 Å². The molecular weight excluding hydrogens is 254 g/mol. The summed E-state index contributed by atoms with van der Waals surface area (Å²) in [5.74, 6) is 2.81. The van der Waals surface area contributed by atoms with Crippen molar-refractivity contribution in [2.24, 2.45) is 28.6 Å². The van der Waals surface area contributed by atoms with Gasteiger partial charge in [-0.25, -0.2) is 0 Å². The molecule has 21 heavy (non-hydrogen) atoms. The van der Waals surface area contributed by atoms with Crippen molar-refractivity contribution < 1.29 is 0 Å². The number of nitrogens with one attached hydrogen (secondary N) is 1. The van der Waals surface area contributed by atoms with Crippen LogP contribution in [0.1, 0.15) is 86.0 Å². The van der Waals surface area contributed by atoms with Gasteiger partial charge in [0.2, 0.25) is 0 Å². The van der Waals surface area contributed by atoms with Crippen LogP contribution in [0.4, 0.5) is 0 Å². The van der Waals surface area contributed by atoms with Gasteiger partial charge in [-0.05, 0) is 67.1 Å². The van der Waals surface area contributed by atoms with Crippen LogP contribution >= 0.6 is 0 Å². The van der Waals surface area contributed by atoms with Gasteiger partial charge in [0.1, 0.15) is 0 Å². The average molecular weight is 292 g/mol. The van der Waals surface area contributed by atoms with Crippen molar-refractivity contribution in [3.05, 3.63) is 0 Å². The molecule has 2 bridgehead atoms. The Kier molecular flexibility index (Phi) is 4.19. The molecule has 0 saturated heterocycles. The number of hydrogen-bond donors (Lipinski definition) is 1. The van der Waals surface area contributed by atoms with Gasteiger partial charge in [-0.3, -0.25) is 0 Å². The lowest BCUT2D eigenvalue weighted by molar-refractivity contribution is 0.0861. The van der Waals surface area contributed by atoms with Gasteiger partial charge in [0.05, 0.1) is 0 Å². The van der Waals surface area contributed by atoms with E-state index in [1.807, 2.05) is 0 Å². The van der Waals surface area contributed by atoms with Gasteiger partial charge in [-0.2, -0.15) is 0 Å². The number of fused-ring (bicyclic) bond motifs is 2. The third-order valence-corrected chi connectivity index (χ3v) is 7.26. The zero-order valence-corrected chi connectivity index (χ0v) is 15.0. The summed E-state index contributed by atoms with van der Waals surface area (Å²) >= 11 is 0. The van der Waals surface area contributed by atoms with Crippen LogP contribution in [0.2, 0.25) is 0 Å². The normalized spacial score (nSPS) is 45.4. The summed E-state index contributed by atoms with van der Waals surface area (Å²) in [6, 6.07) is 1.55. The first kappa shape index (κ1) is 15.8. The van der Waals surface area contributed by atoms with E-state index in [1.165, 1.54) is 51.4 Å². The van der Waals surface area contributed by atoms with Crippen LogP contribution in [0.5, 0.6) is 0 Å². The number of rotatable bonds is 4. The lowest BCUT2D eigenvalue weighted by Gasteiger charge is -2.46. The van der Waals surface area contributed by atoms with Gasteiger partial charge in [-0.1, -0.05) is 47.5 Å². The first-order valence-corrected chi connectivity index (χ1v) is 9.57. The zero-order valence-electron chi connectivity index (χ0n) is 15.0. The van der Waals surface area contributed by atoms with Crippen LogP contribution in [0.25, 0.3) is 0 Å². The van der Waals surface area contributed by atoms with Gasteiger partial charge in [0, 0.05) is 12.1 Å². The van der Waals surface area contributed by atoms with Crippen LogP contribution in [-0.4, -0.2) is 12.1 Å². The van der Waals surface area contributed by atoms with Crippen molar-refractivity contribution >= 4 is 0 Å². The molecule has 0 aromatic rings. The Hall–Kier alpha value is -0.0400. The second-order valence-electron chi connectivity index (χ2n) is 9.87. The Morgan fingerprint density at radius 1 is 1.10 bits per heavy atom. The van der Waals surface area contributed by atoms with E-state index in [9.17, 15) is 0 Å². The lowest BCUT2D eigenvalue weighted by Crippen LogP contribution is -2.54. The van der Waals surface area contributed by atoms with E-state index in [0.717, 1.165) is 29.8 Å². The minimum absolute atomic E-state index is 0.512. The summed E-state index contributed by atoms with van der Waals surface area (Å²) in [7, 11) is 0. The summed E-state index contributed by atoms with van der Waals surface area (Å²) < 4.78 is 0. The van der Waals surface area contributed by atoms with E-state index in [2.05, 4.69) is 39.9 Å². The highest BCUT2D eigenvalue weighted by Gasteiger charge is 2.59. The molecule has 0 aromatic carbocycles. The number of hydrogen-bond acceptors (Lipinski definition) is 1. The highest BCUT2D eigenvalue weighted by molar-refractivity contribution is 5.12. The van der Waals surface area contributed by atoms with Gasteiger partial charge in [-0.15, -0.1) is 0 Å². The van der Waals surface area contributed by atoms with Crippen molar-refractivity contribution in [1.82, 2.24) is 5.32 Å². The average Bonchev–Trinajstić information content (AvgIpc) is 2.86. The predicted octanol–water partition coefficient (Wildman–Crippen LogP) is 5.40. The third-order valence-electron chi connectivity index (χ3n) is 7.26. The fraction of sp³-hybridized carbons (Fsp3) is 1.00. The lowest BCUT2D eigenvalue weighted by atomic mass is 9.67. The fourth-order valence-electron chi connectivity index (χ4n) is 6.28. The summed E-state index contributed by atoms with van der Waals surface area (Å²) in [4.78, 5) is 0. The molecule has 3 saturated carbocycles. The topological polar surface area (TPSA) is 12.0 Å². The smallest absolute Gasteiger partial charge is 0.0177 e. The largest absolute Gasteiger partial charge is 0.310 e.